The van der Waals surface area contributed by atoms with Gasteiger partial charge >= 0.3 is 0 Å². The molecule has 1 atom stereocenters. The van der Waals surface area contributed by atoms with Crippen LogP contribution in [0.3, 0.4) is 0 Å². The minimum atomic E-state index is 0.569. The Morgan fingerprint density at radius 1 is 1.05 bits per heavy atom. The highest BCUT2D eigenvalue weighted by atomic mass is 15.0. The summed E-state index contributed by atoms with van der Waals surface area (Å²) in [5.41, 5.74) is 2.42. The van der Waals surface area contributed by atoms with Crippen molar-refractivity contribution in [3.05, 3.63) is 67.3 Å². The molecular weight excluding hydrogens is 274 g/mol. The first-order valence-electron chi connectivity index (χ1n) is 7.55. The molecule has 0 aliphatic heterocycles. The van der Waals surface area contributed by atoms with Gasteiger partial charge in [0.25, 0.3) is 0 Å². The molecule has 0 saturated heterocycles. The maximum atomic E-state index is 4.07. The number of rotatable bonds is 7. The van der Waals surface area contributed by atoms with Crippen molar-refractivity contribution in [3.63, 3.8) is 0 Å². The van der Waals surface area contributed by atoms with Gasteiger partial charge in [-0.1, -0.05) is 19.1 Å². The molecule has 2 aromatic heterocycles. The number of aromatic nitrogens is 4. The van der Waals surface area contributed by atoms with Gasteiger partial charge in [0.05, 0.1) is 12.7 Å². The summed E-state index contributed by atoms with van der Waals surface area (Å²) in [5.74, 6) is 0.569. The van der Waals surface area contributed by atoms with Gasteiger partial charge in [-0.05, 0) is 30.2 Å². The zero-order valence-electron chi connectivity index (χ0n) is 12.8. The molecule has 2 heterocycles. The number of hydrogen-bond donors (Lipinski definition) is 1. The van der Waals surface area contributed by atoms with Crippen molar-refractivity contribution in [1.29, 1.82) is 0 Å². The third-order valence-corrected chi connectivity index (χ3v) is 3.64. The Kier molecular flexibility index (Phi) is 4.65. The molecule has 5 heteroatoms. The third kappa shape index (κ3) is 3.83. The predicted octanol–water partition coefficient (Wildman–Crippen LogP) is 2.49. The van der Waals surface area contributed by atoms with E-state index >= 15 is 0 Å². The highest BCUT2D eigenvalue weighted by Gasteiger charge is 2.03. The van der Waals surface area contributed by atoms with Crippen molar-refractivity contribution in [3.8, 4) is 5.69 Å². The first-order chi connectivity index (χ1) is 10.8. The Hall–Kier alpha value is -2.40. The normalized spacial score (nSPS) is 12.4. The summed E-state index contributed by atoms with van der Waals surface area (Å²) < 4.78 is 4.12. The molecular formula is C17H21N5. The monoisotopic (exact) mass is 295 g/mol. The topological polar surface area (TPSA) is 47.7 Å². The quantitative estimate of drug-likeness (QED) is 0.728. The van der Waals surface area contributed by atoms with Gasteiger partial charge in [-0.3, -0.25) is 0 Å². The first kappa shape index (κ1) is 14.5. The van der Waals surface area contributed by atoms with Crippen LogP contribution in [-0.4, -0.2) is 25.6 Å². The van der Waals surface area contributed by atoms with Gasteiger partial charge in [0, 0.05) is 43.6 Å². The van der Waals surface area contributed by atoms with Crippen molar-refractivity contribution in [2.24, 2.45) is 5.92 Å². The maximum Gasteiger partial charge on any atom is 0.0991 e. The van der Waals surface area contributed by atoms with Gasteiger partial charge in [-0.25, -0.2) is 9.97 Å². The van der Waals surface area contributed by atoms with Gasteiger partial charge in [0.1, 0.15) is 0 Å². The summed E-state index contributed by atoms with van der Waals surface area (Å²) >= 11 is 0. The molecule has 5 nitrogen and oxygen atoms in total. The molecule has 0 aliphatic rings. The molecule has 1 aromatic carbocycles. The summed E-state index contributed by atoms with van der Waals surface area (Å²) in [6, 6.07) is 8.55. The van der Waals surface area contributed by atoms with Crippen molar-refractivity contribution in [2.45, 2.75) is 20.0 Å². The highest BCUT2D eigenvalue weighted by molar-refractivity contribution is 5.34. The summed E-state index contributed by atoms with van der Waals surface area (Å²) in [5, 5.41) is 3.52. The van der Waals surface area contributed by atoms with E-state index in [2.05, 4.69) is 51.0 Å². The molecule has 0 saturated carbocycles. The highest BCUT2D eigenvalue weighted by Crippen LogP contribution is 2.09. The molecule has 3 rings (SSSR count). The van der Waals surface area contributed by atoms with E-state index in [4.69, 9.17) is 0 Å². The summed E-state index contributed by atoms with van der Waals surface area (Å²) in [4.78, 5) is 8.13. The molecule has 0 amide bonds. The maximum absolute atomic E-state index is 4.07. The smallest absolute Gasteiger partial charge is 0.0991 e. The van der Waals surface area contributed by atoms with E-state index in [1.54, 1.807) is 6.20 Å². The van der Waals surface area contributed by atoms with E-state index in [0.29, 0.717) is 5.92 Å². The van der Waals surface area contributed by atoms with Crippen molar-refractivity contribution < 1.29 is 0 Å². The van der Waals surface area contributed by atoms with Crippen LogP contribution in [-0.2, 0) is 13.1 Å². The van der Waals surface area contributed by atoms with Crippen LogP contribution < -0.4 is 5.32 Å². The summed E-state index contributed by atoms with van der Waals surface area (Å²) in [7, 11) is 0. The standard InChI is InChI=1S/C17H21N5/c1-15(12-21-8-6-18-13-21)10-20-11-16-2-4-17(5-3-16)22-9-7-19-14-22/h2-9,13-15,20H,10-12H2,1H3. The third-order valence-electron chi connectivity index (χ3n) is 3.64. The van der Waals surface area contributed by atoms with E-state index in [1.807, 2.05) is 35.8 Å². The van der Waals surface area contributed by atoms with Crippen LogP contribution in [0.1, 0.15) is 12.5 Å². The van der Waals surface area contributed by atoms with Crippen LogP contribution in [0.15, 0.2) is 61.7 Å². The second-order valence-electron chi connectivity index (χ2n) is 5.63. The van der Waals surface area contributed by atoms with Crippen molar-refractivity contribution in [1.82, 2.24) is 24.4 Å². The van der Waals surface area contributed by atoms with Gasteiger partial charge in [0.15, 0.2) is 0 Å². The molecule has 1 N–H and O–H groups in total. The van der Waals surface area contributed by atoms with Gasteiger partial charge in [-0.2, -0.15) is 0 Å². The number of hydrogen-bond acceptors (Lipinski definition) is 3. The predicted molar refractivity (Wildman–Crippen MR) is 86.7 cm³/mol. The van der Waals surface area contributed by atoms with Gasteiger partial charge in [0.2, 0.25) is 0 Å². The molecule has 0 aliphatic carbocycles. The molecule has 22 heavy (non-hydrogen) atoms. The number of benzene rings is 1. The van der Waals surface area contributed by atoms with E-state index in [0.717, 1.165) is 25.3 Å². The van der Waals surface area contributed by atoms with Crippen LogP contribution >= 0.6 is 0 Å². The fraction of sp³-hybridized carbons (Fsp3) is 0.294. The van der Waals surface area contributed by atoms with Crippen LogP contribution in [0.5, 0.6) is 0 Å². The SMILES string of the molecule is CC(CNCc1ccc(-n2ccnc2)cc1)Cn1ccnc1. The average molecular weight is 295 g/mol. The van der Waals surface area contributed by atoms with Crippen molar-refractivity contribution in [2.75, 3.05) is 6.54 Å². The number of nitrogens with one attached hydrogen (secondary N) is 1. The van der Waals surface area contributed by atoms with E-state index in [-0.39, 0.29) is 0 Å². The lowest BCUT2D eigenvalue weighted by Crippen LogP contribution is -2.23. The minimum absolute atomic E-state index is 0.569. The van der Waals surface area contributed by atoms with E-state index in [9.17, 15) is 0 Å². The minimum Gasteiger partial charge on any atom is -0.337 e. The molecule has 1 unspecified atom stereocenters. The van der Waals surface area contributed by atoms with Crippen LogP contribution in [0.4, 0.5) is 0 Å². The molecule has 114 valence electrons. The Balaban J connectivity index is 1.45. The Morgan fingerprint density at radius 2 is 1.82 bits per heavy atom. The lowest BCUT2D eigenvalue weighted by molar-refractivity contribution is 0.445. The molecule has 0 fully saturated rings. The molecule has 3 aromatic rings. The second kappa shape index (κ2) is 7.04. The number of nitrogens with zero attached hydrogens (tertiary/aromatic N) is 4. The summed E-state index contributed by atoms with van der Waals surface area (Å²) in [6.07, 6.45) is 11.2. The van der Waals surface area contributed by atoms with E-state index in [1.165, 1.54) is 5.56 Å². The molecule has 0 radical (unpaired) electrons. The molecule has 0 spiro atoms. The van der Waals surface area contributed by atoms with Crippen LogP contribution in [0.2, 0.25) is 0 Å². The van der Waals surface area contributed by atoms with Crippen LogP contribution in [0, 0.1) is 5.92 Å². The average Bonchev–Trinajstić information content (AvgIpc) is 3.21. The Morgan fingerprint density at radius 3 is 2.50 bits per heavy atom. The van der Waals surface area contributed by atoms with E-state index < -0.39 is 0 Å². The lowest BCUT2D eigenvalue weighted by atomic mass is 10.1. The van der Waals surface area contributed by atoms with Gasteiger partial charge in [-0.15, -0.1) is 0 Å². The van der Waals surface area contributed by atoms with Crippen LogP contribution in [0.25, 0.3) is 5.69 Å². The first-order valence-corrected chi connectivity index (χ1v) is 7.55. The lowest BCUT2D eigenvalue weighted by Gasteiger charge is -2.13. The molecule has 0 bridgehead atoms. The number of imidazole rings is 2. The summed E-state index contributed by atoms with van der Waals surface area (Å²) in [6.45, 7) is 5.11. The van der Waals surface area contributed by atoms with Gasteiger partial charge < -0.3 is 14.5 Å². The Bertz CT molecular complexity index is 656. The zero-order chi connectivity index (χ0) is 15.2. The largest absolute Gasteiger partial charge is 0.337 e. The fourth-order valence-corrected chi connectivity index (χ4v) is 2.48. The Labute approximate surface area is 130 Å². The van der Waals surface area contributed by atoms with Crippen molar-refractivity contribution >= 4 is 0 Å². The second-order valence-corrected chi connectivity index (χ2v) is 5.63. The fourth-order valence-electron chi connectivity index (χ4n) is 2.48. The zero-order valence-corrected chi connectivity index (χ0v) is 12.8.